The molecule has 4 N–H and O–H groups in total. The Bertz CT molecular complexity index is 460. The molecule has 1 aliphatic heterocycles. The maximum atomic E-state index is 12.7. The predicted molar refractivity (Wildman–Crippen MR) is 88.5 cm³/mol. The van der Waals surface area contributed by atoms with E-state index in [-0.39, 0.29) is 19.0 Å². The molecular weight excluding hydrogens is 358 g/mol. The van der Waals surface area contributed by atoms with E-state index in [2.05, 4.69) is 5.29 Å². The van der Waals surface area contributed by atoms with Gasteiger partial charge < -0.3 is 25.2 Å². The van der Waals surface area contributed by atoms with Gasteiger partial charge in [0.25, 0.3) is 0 Å². The zero-order valence-corrected chi connectivity index (χ0v) is 15.2. The number of aliphatic hydroxyl groups is 4. The first-order chi connectivity index (χ1) is 11.6. The summed E-state index contributed by atoms with van der Waals surface area (Å²) in [5.41, 5.74) is -0.454. The zero-order valence-electron chi connectivity index (χ0n) is 14.4. The van der Waals surface area contributed by atoms with Crippen LogP contribution in [0.15, 0.2) is 5.29 Å². The molecular formula is C14H26ClN3O7. The van der Waals surface area contributed by atoms with E-state index in [1.807, 2.05) is 20.8 Å². The first kappa shape index (κ1) is 22.0. The number of alkyl halides is 1. The lowest BCUT2D eigenvalue weighted by Gasteiger charge is -2.46. The van der Waals surface area contributed by atoms with Crippen molar-refractivity contribution in [2.24, 2.45) is 10.7 Å². The molecule has 0 aromatic carbocycles. The van der Waals surface area contributed by atoms with E-state index in [4.69, 9.17) is 16.3 Å². The number of hydrogen-bond donors (Lipinski definition) is 4. The topological polar surface area (TPSA) is 143 Å². The van der Waals surface area contributed by atoms with E-state index < -0.39 is 48.7 Å². The van der Waals surface area contributed by atoms with Gasteiger partial charge in [-0.1, -0.05) is 20.8 Å². The van der Waals surface area contributed by atoms with Gasteiger partial charge in [-0.2, -0.15) is 5.01 Å². The van der Waals surface area contributed by atoms with Crippen molar-refractivity contribution in [1.82, 2.24) is 9.91 Å². The quantitative estimate of drug-likeness (QED) is 0.274. The smallest absolute Gasteiger partial charge is 0.345 e. The fourth-order valence-electron chi connectivity index (χ4n) is 2.52. The second-order valence-corrected chi connectivity index (χ2v) is 7.46. The fraction of sp³-hybridized carbons (Fsp3) is 0.929. The summed E-state index contributed by atoms with van der Waals surface area (Å²) in [6, 6.07) is -0.866. The summed E-state index contributed by atoms with van der Waals surface area (Å²) in [5.74, 6) is -0.0322. The van der Waals surface area contributed by atoms with Crippen LogP contribution in [0.3, 0.4) is 0 Å². The second kappa shape index (κ2) is 9.06. The van der Waals surface area contributed by atoms with Gasteiger partial charge in [0.1, 0.15) is 24.4 Å². The first-order valence-electron chi connectivity index (χ1n) is 7.85. The Labute approximate surface area is 150 Å². The Morgan fingerprint density at radius 2 is 1.80 bits per heavy atom. The summed E-state index contributed by atoms with van der Waals surface area (Å²) in [5, 5.41) is 42.6. The number of nitrogens with zero attached hydrogens (tertiary/aromatic N) is 3. The largest absolute Gasteiger partial charge is 0.394 e. The molecule has 11 heteroatoms. The average molecular weight is 384 g/mol. The van der Waals surface area contributed by atoms with Gasteiger partial charge in [0.2, 0.25) is 0 Å². The summed E-state index contributed by atoms with van der Waals surface area (Å²) in [7, 11) is 0. The van der Waals surface area contributed by atoms with Crippen LogP contribution in [0.2, 0.25) is 0 Å². The number of carbonyl (C=O) groups is 1. The number of carbonyl (C=O) groups excluding carboxylic acids is 1. The highest BCUT2D eigenvalue weighted by molar-refractivity contribution is 6.18. The second-order valence-electron chi connectivity index (χ2n) is 7.08. The minimum absolute atomic E-state index is 0.0322. The van der Waals surface area contributed by atoms with Crippen molar-refractivity contribution in [1.29, 1.82) is 0 Å². The molecule has 1 aliphatic rings. The van der Waals surface area contributed by atoms with Crippen LogP contribution in [0.4, 0.5) is 4.79 Å². The molecule has 0 aliphatic carbocycles. The Kier molecular flexibility index (Phi) is 7.97. The van der Waals surface area contributed by atoms with Crippen molar-refractivity contribution < 1.29 is 30.0 Å². The lowest BCUT2D eigenvalue weighted by molar-refractivity contribution is -0.260. The van der Waals surface area contributed by atoms with E-state index in [1.54, 1.807) is 0 Å². The number of amides is 2. The highest BCUT2D eigenvalue weighted by Gasteiger charge is 2.48. The van der Waals surface area contributed by atoms with Crippen molar-refractivity contribution in [3.05, 3.63) is 4.91 Å². The molecule has 2 amide bonds. The maximum Gasteiger partial charge on any atom is 0.345 e. The SMILES string of the molecule is CC(C)(C)CN(C(=O)N(CCCl)N=O)[C@@H]1O[C@H](CO)[C@H](O)[C@H](O)[C@H]1O. The van der Waals surface area contributed by atoms with Crippen molar-refractivity contribution in [3.63, 3.8) is 0 Å². The van der Waals surface area contributed by atoms with E-state index in [0.717, 1.165) is 4.90 Å². The fourth-order valence-corrected chi connectivity index (χ4v) is 2.68. The van der Waals surface area contributed by atoms with Gasteiger partial charge in [-0.05, 0) is 5.41 Å². The molecule has 25 heavy (non-hydrogen) atoms. The predicted octanol–water partition coefficient (Wildman–Crippen LogP) is -0.523. The molecule has 10 nitrogen and oxygen atoms in total. The lowest BCUT2D eigenvalue weighted by Crippen LogP contribution is -2.65. The van der Waals surface area contributed by atoms with Crippen LogP contribution in [-0.4, -0.2) is 92.6 Å². The van der Waals surface area contributed by atoms with Crippen molar-refractivity contribution in [2.45, 2.75) is 51.4 Å². The van der Waals surface area contributed by atoms with E-state index >= 15 is 0 Å². The van der Waals surface area contributed by atoms with Crippen LogP contribution >= 0.6 is 11.6 Å². The lowest BCUT2D eigenvalue weighted by atomic mass is 9.93. The molecule has 0 bridgehead atoms. The van der Waals surface area contributed by atoms with Gasteiger partial charge in [0.05, 0.1) is 18.4 Å². The number of rotatable bonds is 6. The van der Waals surface area contributed by atoms with E-state index in [0.29, 0.717) is 5.01 Å². The van der Waals surface area contributed by atoms with Crippen molar-refractivity contribution >= 4 is 17.6 Å². The summed E-state index contributed by atoms with van der Waals surface area (Å²) < 4.78 is 5.42. The molecule has 0 saturated carbocycles. The summed E-state index contributed by atoms with van der Waals surface area (Å²) in [6.07, 6.45) is -7.40. The van der Waals surface area contributed by atoms with Gasteiger partial charge in [-0.25, -0.2) is 4.79 Å². The monoisotopic (exact) mass is 383 g/mol. The van der Waals surface area contributed by atoms with Crippen LogP contribution in [-0.2, 0) is 4.74 Å². The molecule has 0 aromatic rings. The van der Waals surface area contributed by atoms with Gasteiger partial charge in [0.15, 0.2) is 6.23 Å². The standard InChI is InChI=1S/C14H26ClN3O7/c1-14(2,3)7-17(13(23)18(16-24)5-4-15)12-11(22)10(21)9(20)8(6-19)25-12/h8-12,19-22H,4-7H2,1-3H3/t8-,9+,10+,11-,12-/m1/s1. The van der Waals surface area contributed by atoms with Gasteiger partial charge in [-0.3, -0.25) is 4.90 Å². The normalized spacial score (nSPS) is 30.0. The molecule has 0 spiro atoms. The molecule has 1 rings (SSSR count). The summed E-state index contributed by atoms with van der Waals surface area (Å²) in [6.45, 7) is 4.72. The third kappa shape index (κ3) is 5.47. The maximum absolute atomic E-state index is 12.7. The molecule has 1 saturated heterocycles. The third-order valence-corrected chi connectivity index (χ3v) is 3.85. The number of aliphatic hydroxyl groups excluding tert-OH is 4. The summed E-state index contributed by atoms with van der Waals surface area (Å²) >= 11 is 5.56. The molecule has 0 aromatic heterocycles. The minimum Gasteiger partial charge on any atom is -0.394 e. The molecule has 146 valence electrons. The van der Waals surface area contributed by atoms with E-state index in [9.17, 15) is 30.1 Å². The minimum atomic E-state index is -1.64. The van der Waals surface area contributed by atoms with E-state index in [1.165, 1.54) is 0 Å². The Morgan fingerprint density at radius 3 is 2.24 bits per heavy atom. The molecule has 0 radical (unpaired) electrons. The highest BCUT2D eigenvalue weighted by atomic mass is 35.5. The van der Waals surface area contributed by atoms with Gasteiger partial charge in [-0.15, -0.1) is 16.5 Å². The third-order valence-electron chi connectivity index (χ3n) is 3.68. The molecule has 5 atom stereocenters. The van der Waals surface area contributed by atoms with Gasteiger partial charge in [0, 0.05) is 12.4 Å². The van der Waals surface area contributed by atoms with Crippen molar-refractivity contribution in [3.8, 4) is 0 Å². The van der Waals surface area contributed by atoms with Crippen LogP contribution < -0.4 is 0 Å². The van der Waals surface area contributed by atoms with Crippen molar-refractivity contribution in [2.75, 3.05) is 25.6 Å². The number of hydrogen-bond acceptors (Lipinski definition) is 8. The number of nitroso groups, excluding NO2 is 1. The van der Waals surface area contributed by atoms with Crippen LogP contribution in [0, 0.1) is 10.3 Å². The Balaban J connectivity index is 3.17. The van der Waals surface area contributed by atoms with Crippen LogP contribution in [0.1, 0.15) is 20.8 Å². The Morgan fingerprint density at radius 1 is 1.20 bits per heavy atom. The Hall–Kier alpha value is -1.04. The number of halogens is 1. The molecule has 0 unspecified atom stereocenters. The highest BCUT2D eigenvalue weighted by Crippen LogP contribution is 2.27. The molecule has 1 heterocycles. The number of urea groups is 1. The summed E-state index contributed by atoms with van der Waals surface area (Å²) in [4.78, 5) is 24.7. The van der Waals surface area contributed by atoms with Crippen LogP contribution in [0.5, 0.6) is 0 Å². The first-order valence-corrected chi connectivity index (χ1v) is 8.38. The average Bonchev–Trinajstić information content (AvgIpc) is 2.54. The molecule has 1 fully saturated rings. The zero-order chi connectivity index (χ0) is 19.4. The van der Waals surface area contributed by atoms with Gasteiger partial charge >= 0.3 is 6.03 Å². The van der Waals surface area contributed by atoms with Crippen LogP contribution in [0.25, 0.3) is 0 Å². The number of ether oxygens (including phenoxy) is 1.